The predicted molar refractivity (Wildman–Crippen MR) is 154 cm³/mol. The van der Waals surface area contributed by atoms with Gasteiger partial charge in [-0.3, -0.25) is 9.69 Å². The SMILES string of the molecule is Cc1ccsc1CN(Cc1ccc(F)cc1)C(=O)CN(CCN1CCOCC1)C(=O)Nc1ccc(Cl)cc1Cl. The number of carbonyl (C=O) groups excluding carboxylic acids is 2. The lowest BCUT2D eigenvalue weighted by Crippen LogP contribution is -2.48. The van der Waals surface area contributed by atoms with Gasteiger partial charge in [0.2, 0.25) is 5.91 Å². The van der Waals surface area contributed by atoms with Gasteiger partial charge in [-0.1, -0.05) is 35.3 Å². The topological polar surface area (TPSA) is 65.1 Å². The van der Waals surface area contributed by atoms with Crippen molar-refractivity contribution in [2.75, 3.05) is 51.3 Å². The molecule has 7 nitrogen and oxygen atoms in total. The highest BCUT2D eigenvalue weighted by molar-refractivity contribution is 7.10. The Morgan fingerprint density at radius 2 is 1.79 bits per heavy atom. The number of anilines is 1. The van der Waals surface area contributed by atoms with Crippen LogP contribution in [0.1, 0.15) is 16.0 Å². The largest absolute Gasteiger partial charge is 0.379 e. The standard InChI is InChI=1S/C28H31Cl2FN4O3S/c1-20-8-15-39-26(20)18-35(17-21-2-5-23(31)6-3-21)27(36)19-34(10-9-33-11-13-38-14-12-33)28(37)32-25-7-4-22(29)16-24(25)30/h2-8,15-16H,9-14,17-19H2,1H3,(H,32,37). The number of nitrogens with one attached hydrogen (secondary N) is 1. The lowest BCUT2D eigenvalue weighted by molar-refractivity contribution is -0.133. The predicted octanol–water partition coefficient (Wildman–Crippen LogP) is 5.90. The summed E-state index contributed by atoms with van der Waals surface area (Å²) in [4.78, 5) is 33.6. The zero-order valence-electron chi connectivity index (χ0n) is 21.7. The van der Waals surface area contributed by atoms with Crippen LogP contribution in [0.3, 0.4) is 0 Å². The Bertz CT molecular complexity index is 1270. The lowest BCUT2D eigenvalue weighted by Gasteiger charge is -2.31. The van der Waals surface area contributed by atoms with Crippen LogP contribution < -0.4 is 5.32 Å². The Kier molecular flexibility index (Phi) is 10.6. The maximum atomic E-state index is 13.7. The van der Waals surface area contributed by atoms with E-state index >= 15 is 0 Å². The number of amides is 3. The van der Waals surface area contributed by atoms with Gasteiger partial charge < -0.3 is 19.9 Å². The minimum atomic E-state index is -0.435. The molecule has 1 aromatic heterocycles. The van der Waals surface area contributed by atoms with Gasteiger partial charge >= 0.3 is 6.03 Å². The number of hydrogen-bond acceptors (Lipinski definition) is 5. The summed E-state index contributed by atoms with van der Waals surface area (Å²) in [5, 5.41) is 5.58. The molecule has 0 spiro atoms. The number of thiophene rings is 1. The third-order valence-corrected chi connectivity index (χ3v) is 8.07. The number of benzene rings is 2. The lowest BCUT2D eigenvalue weighted by atomic mass is 10.2. The number of hydrogen-bond donors (Lipinski definition) is 1. The first-order valence-electron chi connectivity index (χ1n) is 12.6. The third-order valence-electron chi connectivity index (χ3n) is 6.52. The molecule has 0 saturated carbocycles. The van der Waals surface area contributed by atoms with Gasteiger partial charge in [0.15, 0.2) is 0 Å². The molecule has 1 saturated heterocycles. The molecule has 0 aliphatic carbocycles. The van der Waals surface area contributed by atoms with E-state index in [0.717, 1.165) is 29.1 Å². The zero-order chi connectivity index (χ0) is 27.8. The van der Waals surface area contributed by atoms with Crippen LogP contribution in [0.5, 0.6) is 0 Å². The second-order valence-corrected chi connectivity index (χ2v) is 11.2. The van der Waals surface area contributed by atoms with E-state index in [-0.39, 0.29) is 18.3 Å². The molecule has 39 heavy (non-hydrogen) atoms. The summed E-state index contributed by atoms with van der Waals surface area (Å²) in [6.45, 7) is 6.29. The van der Waals surface area contributed by atoms with Gasteiger partial charge in [0.1, 0.15) is 12.4 Å². The van der Waals surface area contributed by atoms with Crippen LogP contribution in [0.4, 0.5) is 14.9 Å². The summed E-state index contributed by atoms with van der Waals surface area (Å²) >= 11 is 13.9. The highest BCUT2D eigenvalue weighted by Gasteiger charge is 2.24. The fraction of sp³-hybridized carbons (Fsp3) is 0.357. The average molecular weight is 594 g/mol. The van der Waals surface area contributed by atoms with Gasteiger partial charge in [-0.2, -0.15) is 0 Å². The molecule has 0 unspecified atom stereocenters. The molecule has 11 heteroatoms. The summed E-state index contributed by atoms with van der Waals surface area (Å²) in [7, 11) is 0. The molecule has 0 bridgehead atoms. The molecule has 0 atom stereocenters. The highest BCUT2D eigenvalue weighted by atomic mass is 35.5. The number of nitrogens with zero attached hydrogens (tertiary/aromatic N) is 3. The molecule has 1 N–H and O–H groups in total. The van der Waals surface area contributed by atoms with Crippen molar-refractivity contribution >= 4 is 52.2 Å². The van der Waals surface area contributed by atoms with Crippen LogP contribution in [-0.2, 0) is 22.6 Å². The number of carbonyl (C=O) groups is 2. The summed E-state index contributed by atoms with van der Waals surface area (Å²) in [6.07, 6.45) is 0. The number of morpholine rings is 1. The molecule has 2 aromatic carbocycles. The molecule has 1 aliphatic rings. The van der Waals surface area contributed by atoms with Crippen LogP contribution in [-0.4, -0.2) is 72.6 Å². The molecule has 3 aromatic rings. The summed E-state index contributed by atoms with van der Waals surface area (Å²) in [5.74, 6) is -0.552. The highest BCUT2D eigenvalue weighted by Crippen LogP contribution is 2.26. The number of rotatable bonds is 10. The fourth-order valence-electron chi connectivity index (χ4n) is 4.17. The quantitative estimate of drug-likeness (QED) is 0.318. The van der Waals surface area contributed by atoms with Crippen LogP contribution >= 0.6 is 34.5 Å². The molecule has 3 amide bonds. The van der Waals surface area contributed by atoms with E-state index in [0.29, 0.717) is 55.1 Å². The van der Waals surface area contributed by atoms with Crippen LogP contribution in [0.15, 0.2) is 53.9 Å². The van der Waals surface area contributed by atoms with Gasteiger partial charge in [-0.15, -0.1) is 11.3 Å². The van der Waals surface area contributed by atoms with Crippen molar-refractivity contribution in [3.63, 3.8) is 0 Å². The summed E-state index contributed by atoms with van der Waals surface area (Å²) in [5.41, 5.74) is 2.31. The molecule has 2 heterocycles. The Morgan fingerprint density at radius 1 is 1.05 bits per heavy atom. The van der Waals surface area contributed by atoms with Gasteiger partial charge in [0, 0.05) is 42.6 Å². The van der Waals surface area contributed by atoms with Crippen molar-refractivity contribution in [3.8, 4) is 0 Å². The monoisotopic (exact) mass is 592 g/mol. The Morgan fingerprint density at radius 3 is 2.46 bits per heavy atom. The maximum absolute atomic E-state index is 13.7. The fourth-order valence-corrected chi connectivity index (χ4v) is 5.55. The smallest absolute Gasteiger partial charge is 0.322 e. The van der Waals surface area contributed by atoms with E-state index in [1.165, 1.54) is 17.0 Å². The van der Waals surface area contributed by atoms with Crippen molar-refractivity contribution < 1.29 is 18.7 Å². The number of ether oxygens (including phenoxy) is 1. The molecule has 4 rings (SSSR count). The maximum Gasteiger partial charge on any atom is 0.322 e. The Labute approximate surface area is 242 Å². The molecule has 1 fully saturated rings. The Hall–Kier alpha value is -2.69. The van der Waals surface area contributed by atoms with Crippen molar-refractivity contribution in [2.24, 2.45) is 0 Å². The van der Waals surface area contributed by atoms with E-state index < -0.39 is 6.03 Å². The van der Waals surface area contributed by atoms with Crippen molar-refractivity contribution in [3.05, 3.63) is 85.8 Å². The Balaban J connectivity index is 1.52. The minimum absolute atomic E-state index is 0.132. The third kappa shape index (κ3) is 8.65. The number of aryl methyl sites for hydroxylation is 1. The van der Waals surface area contributed by atoms with Crippen LogP contribution in [0.25, 0.3) is 0 Å². The van der Waals surface area contributed by atoms with Crippen LogP contribution in [0.2, 0.25) is 10.0 Å². The minimum Gasteiger partial charge on any atom is -0.379 e. The zero-order valence-corrected chi connectivity index (χ0v) is 24.0. The number of halogens is 3. The van der Waals surface area contributed by atoms with E-state index in [9.17, 15) is 14.0 Å². The summed E-state index contributed by atoms with van der Waals surface area (Å²) in [6, 6.07) is 12.5. The normalized spacial score (nSPS) is 13.7. The molecular weight excluding hydrogens is 562 g/mol. The van der Waals surface area contributed by atoms with Gasteiger partial charge in [-0.25, -0.2) is 9.18 Å². The van der Waals surface area contributed by atoms with E-state index in [1.807, 2.05) is 18.4 Å². The molecular formula is C28H31Cl2FN4O3S. The second kappa shape index (κ2) is 14.1. The number of urea groups is 1. The van der Waals surface area contributed by atoms with Crippen molar-refractivity contribution in [1.29, 1.82) is 0 Å². The summed E-state index contributed by atoms with van der Waals surface area (Å²) < 4.78 is 18.9. The first-order valence-corrected chi connectivity index (χ1v) is 14.3. The van der Waals surface area contributed by atoms with E-state index in [1.54, 1.807) is 46.6 Å². The molecule has 0 radical (unpaired) electrons. The first-order chi connectivity index (χ1) is 18.8. The van der Waals surface area contributed by atoms with Gasteiger partial charge in [0.05, 0.1) is 30.5 Å². The van der Waals surface area contributed by atoms with Gasteiger partial charge in [-0.05, 0) is 59.8 Å². The molecule has 208 valence electrons. The molecule has 1 aliphatic heterocycles. The van der Waals surface area contributed by atoms with Crippen molar-refractivity contribution in [2.45, 2.75) is 20.0 Å². The van der Waals surface area contributed by atoms with Crippen LogP contribution in [0, 0.1) is 12.7 Å². The van der Waals surface area contributed by atoms with Crippen molar-refractivity contribution in [1.82, 2.24) is 14.7 Å². The van der Waals surface area contributed by atoms with E-state index in [2.05, 4.69) is 10.2 Å². The van der Waals surface area contributed by atoms with E-state index in [4.69, 9.17) is 27.9 Å². The second-order valence-electron chi connectivity index (χ2n) is 9.33. The van der Waals surface area contributed by atoms with Gasteiger partial charge in [0.25, 0.3) is 0 Å². The first kappa shape index (κ1) is 29.3. The average Bonchev–Trinajstić information content (AvgIpc) is 3.33.